The Morgan fingerprint density at radius 2 is 2.25 bits per heavy atom. The molecule has 2 aromatic heterocycles. The first-order chi connectivity index (χ1) is 9.72. The Kier molecular flexibility index (Phi) is 3.71. The fourth-order valence-corrected chi connectivity index (χ4v) is 2.88. The third kappa shape index (κ3) is 2.84. The van der Waals surface area contributed by atoms with Crippen LogP contribution < -0.4 is 10.5 Å². The highest BCUT2D eigenvalue weighted by atomic mass is 32.1. The van der Waals surface area contributed by atoms with E-state index in [0.29, 0.717) is 6.61 Å². The zero-order valence-corrected chi connectivity index (χ0v) is 12.1. The summed E-state index contributed by atoms with van der Waals surface area (Å²) in [4.78, 5) is 5.50. The van der Waals surface area contributed by atoms with E-state index in [1.807, 2.05) is 47.3 Å². The summed E-state index contributed by atoms with van der Waals surface area (Å²) in [5.41, 5.74) is 7.95. The van der Waals surface area contributed by atoms with Crippen LogP contribution in [0.2, 0.25) is 0 Å². The van der Waals surface area contributed by atoms with E-state index in [1.54, 1.807) is 11.3 Å². The molecule has 2 heterocycles. The van der Waals surface area contributed by atoms with E-state index < -0.39 is 0 Å². The predicted molar refractivity (Wildman–Crippen MR) is 81.2 cm³/mol. The van der Waals surface area contributed by atoms with Crippen LogP contribution in [-0.4, -0.2) is 15.4 Å². The zero-order chi connectivity index (χ0) is 13.9. The number of imidazole rings is 1. The molecule has 0 aliphatic heterocycles. The lowest BCUT2D eigenvalue weighted by Gasteiger charge is -2.12. The molecule has 0 saturated heterocycles. The van der Waals surface area contributed by atoms with Gasteiger partial charge in [0.15, 0.2) is 4.96 Å². The van der Waals surface area contributed by atoms with Crippen molar-refractivity contribution in [3.8, 4) is 5.75 Å². The molecule has 5 heteroatoms. The molecule has 20 heavy (non-hydrogen) atoms. The first-order valence-electron chi connectivity index (χ1n) is 6.60. The molecule has 0 fully saturated rings. The van der Waals surface area contributed by atoms with Crippen LogP contribution in [0.15, 0.2) is 42.0 Å². The second kappa shape index (κ2) is 5.64. The van der Waals surface area contributed by atoms with E-state index in [1.165, 1.54) is 0 Å². The van der Waals surface area contributed by atoms with E-state index in [2.05, 4.69) is 11.1 Å². The second-order valence-electron chi connectivity index (χ2n) is 4.90. The van der Waals surface area contributed by atoms with Gasteiger partial charge in [-0.1, -0.05) is 18.2 Å². The Hall–Kier alpha value is -1.85. The molecule has 104 valence electrons. The van der Waals surface area contributed by atoms with Gasteiger partial charge in [0.05, 0.1) is 5.69 Å². The van der Waals surface area contributed by atoms with Gasteiger partial charge in [0.25, 0.3) is 0 Å². The van der Waals surface area contributed by atoms with Crippen LogP contribution in [0.1, 0.15) is 18.2 Å². The number of rotatable bonds is 5. The van der Waals surface area contributed by atoms with Crippen molar-refractivity contribution in [2.24, 2.45) is 5.73 Å². The van der Waals surface area contributed by atoms with E-state index in [0.717, 1.165) is 28.4 Å². The lowest BCUT2D eigenvalue weighted by molar-refractivity contribution is 0.298. The summed E-state index contributed by atoms with van der Waals surface area (Å²) in [7, 11) is 0. The van der Waals surface area contributed by atoms with Crippen molar-refractivity contribution >= 4 is 16.3 Å². The van der Waals surface area contributed by atoms with Gasteiger partial charge in [0.1, 0.15) is 12.4 Å². The highest BCUT2D eigenvalue weighted by Crippen LogP contribution is 2.21. The number of hydrogen-bond acceptors (Lipinski definition) is 4. The molecule has 0 saturated carbocycles. The van der Waals surface area contributed by atoms with Crippen LogP contribution in [0.4, 0.5) is 0 Å². The summed E-state index contributed by atoms with van der Waals surface area (Å²) >= 11 is 1.62. The van der Waals surface area contributed by atoms with Gasteiger partial charge in [-0.15, -0.1) is 11.3 Å². The maximum absolute atomic E-state index is 5.90. The Bertz CT molecular complexity index is 673. The van der Waals surface area contributed by atoms with E-state index in [4.69, 9.17) is 10.5 Å². The number of benzene rings is 1. The van der Waals surface area contributed by atoms with Crippen LogP contribution in [-0.2, 0) is 13.0 Å². The highest BCUT2D eigenvalue weighted by molar-refractivity contribution is 7.15. The number of thiazole rings is 1. The predicted octanol–water partition coefficient (Wildman–Crippen LogP) is 2.86. The highest BCUT2D eigenvalue weighted by Gasteiger charge is 2.07. The summed E-state index contributed by atoms with van der Waals surface area (Å²) < 4.78 is 7.91. The van der Waals surface area contributed by atoms with Gasteiger partial charge in [-0.2, -0.15) is 0 Å². The molecule has 4 nitrogen and oxygen atoms in total. The number of nitrogens with zero attached hydrogens (tertiary/aromatic N) is 2. The molecular formula is C15H17N3OS. The van der Waals surface area contributed by atoms with Gasteiger partial charge in [0, 0.05) is 23.8 Å². The van der Waals surface area contributed by atoms with Gasteiger partial charge in [-0.3, -0.25) is 4.40 Å². The molecule has 1 unspecified atom stereocenters. The largest absolute Gasteiger partial charge is 0.487 e. The number of nitrogens with two attached hydrogens (primary N) is 1. The fraction of sp³-hybridized carbons (Fsp3) is 0.267. The van der Waals surface area contributed by atoms with Crippen molar-refractivity contribution in [2.75, 3.05) is 0 Å². The molecule has 0 aliphatic rings. The average Bonchev–Trinajstić information content (AvgIpc) is 2.97. The summed E-state index contributed by atoms with van der Waals surface area (Å²) in [6.45, 7) is 2.48. The minimum absolute atomic E-state index is 0.123. The minimum atomic E-state index is 0.123. The SMILES string of the molecule is CC(N)Cc1ccccc1OCc1cn2ccsc2n1. The molecule has 0 aliphatic carbocycles. The number of ether oxygens (including phenoxy) is 1. The molecule has 0 amide bonds. The van der Waals surface area contributed by atoms with Gasteiger partial charge in [0.2, 0.25) is 0 Å². The fourth-order valence-electron chi connectivity index (χ4n) is 2.16. The van der Waals surface area contributed by atoms with E-state index in [9.17, 15) is 0 Å². The molecule has 0 bridgehead atoms. The maximum Gasteiger partial charge on any atom is 0.193 e. The molecular weight excluding hydrogens is 270 g/mol. The maximum atomic E-state index is 5.90. The smallest absolute Gasteiger partial charge is 0.193 e. The van der Waals surface area contributed by atoms with E-state index >= 15 is 0 Å². The van der Waals surface area contributed by atoms with Crippen molar-refractivity contribution in [1.29, 1.82) is 0 Å². The van der Waals surface area contributed by atoms with Gasteiger partial charge >= 0.3 is 0 Å². The van der Waals surface area contributed by atoms with Crippen LogP contribution in [0.5, 0.6) is 5.75 Å². The lowest BCUT2D eigenvalue weighted by atomic mass is 10.1. The van der Waals surface area contributed by atoms with Crippen molar-refractivity contribution < 1.29 is 4.74 Å². The van der Waals surface area contributed by atoms with Crippen molar-refractivity contribution in [1.82, 2.24) is 9.38 Å². The molecule has 0 spiro atoms. The van der Waals surface area contributed by atoms with Crippen LogP contribution in [0.3, 0.4) is 0 Å². The zero-order valence-electron chi connectivity index (χ0n) is 11.3. The quantitative estimate of drug-likeness (QED) is 0.785. The Morgan fingerprint density at radius 3 is 3.05 bits per heavy atom. The topological polar surface area (TPSA) is 52.5 Å². The number of para-hydroxylation sites is 1. The molecule has 1 atom stereocenters. The van der Waals surface area contributed by atoms with Gasteiger partial charge < -0.3 is 10.5 Å². The summed E-state index contributed by atoms with van der Waals surface area (Å²) in [6.07, 6.45) is 4.81. The first kappa shape index (κ1) is 13.1. The summed E-state index contributed by atoms with van der Waals surface area (Å²) in [5, 5.41) is 2.02. The molecule has 3 rings (SSSR count). The van der Waals surface area contributed by atoms with Gasteiger partial charge in [-0.05, 0) is 25.0 Å². The molecule has 1 aromatic carbocycles. The lowest BCUT2D eigenvalue weighted by Crippen LogP contribution is -2.18. The number of fused-ring (bicyclic) bond motifs is 1. The number of hydrogen-bond donors (Lipinski definition) is 1. The molecule has 2 N–H and O–H groups in total. The Balaban J connectivity index is 1.73. The molecule has 3 aromatic rings. The standard InChI is InChI=1S/C15H17N3OS/c1-11(16)8-12-4-2-3-5-14(12)19-10-13-9-18-6-7-20-15(18)17-13/h2-7,9,11H,8,10,16H2,1H3. The monoisotopic (exact) mass is 287 g/mol. The van der Waals surface area contributed by atoms with Crippen LogP contribution >= 0.6 is 11.3 Å². The normalized spacial score (nSPS) is 12.7. The van der Waals surface area contributed by atoms with Crippen LogP contribution in [0.25, 0.3) is 4.96 Å². The third-order valence-corrected chi connectivity index (χ3v) is 3.80. The number of aromatic nitrogens is 2. The first-order valence-corrected chi connectivity index (χ1v) is 7.47. The second-order valence-corrected chi connectivity index (χ2v) is 5.78. The Morgan fingerprint density at radius 1 is 1.40 bits per heavy atom. The molecule has 0 radical (unpaired) electrons. The van der Waals surface area contributed by atoms with Crippen LogP contribution in [0, 0.1) is 0 Å². The van der Waals surface area contributed by atoms with Gasteiger partial charge in [-0.25, -0.2) is 4.98 Å². The minimum Gasteiger partial charge on any atom is -0.487 e. The average molecular weight is 287 g/mol. The summed E-state index contributed by atoms with van der Waals surface area (Å²) in [6, 6.07) is 8.15. The van der Waals surface area contributed by atoms with Crippen molar-refractivity contribution in [3.63, 3.8) is 0 Å². The third-order valence-electron chi connectivity index (χ3n) is 3.03. The van der Waals surface area contributed by atoms with E-state index in [-0.39, 0.29) is 6.04 Å². The van der Waals surface area contributed by atoms with Crippen molar-refractivity contribution in [2.45, 2.75) is 26.0 Å². The Labute approximate surface area is 121 Å². The summed E-state index contributed by atoms with van der Waals surface area (Å²) in [5.74, 6) is 0.890. The van der Waals surface area contributed by atoms with Crippen molar-refractivity contribution in [3.05, 3.63) is 53.3 Å².